The Morgan fingerprint density at radius 3 is 2.26 bits per heavy atom. The van der Waals surface area contributed by atoms with Crippen LogP contribution in [0.15, 0.2) is 72.8 Å². The number of rotatable bonds is 6. The van der Waals surface area contributed by atoms with Crippen molar-refractivity contribution in [3.63, 3.8) is 0 Å². The minimum Gasteiger partial charge on any atom is -0.462 e. The van der Waals surface area contributed by atoms with Gasteiger partial charge in [0.15, 0.2) is 0 Å². The van der Waals surface area contributed by atoms with Gasteiger partial charge in [0.1, 0.15) is 0 Å². The third-order valence-electron chi connectivity index (χ3n) is 5.43. The first-order chi connectivity index (χ1) is 16.3. The molecule has 0 aliphatic rings. The van der Waals surface area contributed by atoms with Crippen molar-refractivity contribution in [1.29, 1.82) is 0 Å². The average molecular weight is 493 g/mol. The van der Waals surface area contributed by atoms with Gasteiger partial charge in [-0.1, -0.05) is 65.7 Å². The van der Waals surface area contributed by atoms with E-state index in [1.165, 1.54) is 0 Å². The number of primary amides is 1. The monoisotopic (exact) mass is 492 g/mol. The van der Waals surface area contributed by atoms with E-state index in [0.717, 1.165) is 5.56 Å². The van der Waals surface area contributed by atoms with E-state index in [9.17, 15) is 9.59 Å². The van der Waals surface area contributed by atoms with E-state index in [-0.39, 0.29) is 6.61 Å². The molecule has 0 aliphatic heterocycles. The van der Waals surface area contributed by atoms with E-state index in [1.54, 1.807) is 50.2 Å². The number of carbonyl (C=O) groups is 2. The van der Waals surface area contributed by atoms with Gasteiger partial charge in [0.25, 0.3) is 5.91 Å². The Kier molecular flexibility index (Phi) is 6.77. The molecule has 0 bridgehead atoms. The van der Waals surface area contributed by atoms with Crippen LogP contribution in [0.25, 0.3) is 28.2 Å². The van der Waals surface area contributed by atoms with Gasteiger partial charge in [-0.15, -0.1) is 0 Å². The Labute approximate surface area is 207 Å². The number of hydrogen-bond acceptors (Lipinski definition) is 3. The van der Waals surface area contributed by atoms with Crippen molar-refractivity contribution < 1.29 is 14.3 Å². The van der Waals surface area contributed by atoms with Crippen LogP contribution in [0.4, 0.5) is 0 Å². The van der Waals surface area contributed by atoms with Gasteiger partial charge in [0.2, 0.25) is 0 Å². The van der Waals surface area contributed by atoms with Crippen molar-refractivity contribution in [2.24, 2.45) is 5.73 Å². The minimum atomic E-state index is -0.605. The number of esters is 1. The Morgan fingerprint density at radius 1 is 0.912 bits per heavy atom. The highest BCUT2D eigenvalue weighted by Gasteiger charge is 2.27. The van der Waals surface area contributed by atoms with Crippen LogP contribution in [0.2, 0.25) is 10.0 Å². The molecule has 0 saturated heterocycles. The quantitative estimate of drug-likeness (QED) is 0.304. The van der Waals surface area contributed by atoms with Gasteiger partial charge in [-0.25, -0.2) is 4.79 Å². The summed E-state index contributed by atoms with van der Waals surface area (Å²) in [6.07, 6.45) is 0. The molecule has 1 heterocycles. The summed E-state index contributed by atoms with van der Waals surface area (Å²) in [4.78, 5) is 25.7. The number of ether oxygens (including phenoxy) is 1. The van der Waals surface area contributed by atoms with Gasteiger partial charge < -0.3 is 15.0 Å². The molecule has 1 aromatic heterocycles. The van der Waals surface area contributed by atoms with Crippen LogP contribution in [0.3, 0.4) is 0 Å². The van der Waals surface area contributed by atoms with Crippen LogP contribution in [0.1, 0.15) is 33.2 Å². The Bertz CT molecular complexity index is 1390. The Balaban J connectivity index is 2.20. The summed E-state index contributed by atoms with van der Waals surface area (Å²) in [5, 5.41) is 0.929. The van der Waals surface area contributed by atoms with Gasteiger partial charge in [-0.3, -0.25) is 4.79 Å². The van der Waals surface area contributed by atoms with Crippen LogP contribution in [0, 0.1) is 6.92 Å². The van der Waals surface area contributed by atoms with Crippen LogP contribution in [-0.2, 0) is 4.74 Å². The second-order valence-corrected chi connectivity index (χ2v) is 8.58. The maximum atomic E-state index is 13.1. The molecular formula is C27H22Cl2N2O3. The van der Waals surface area contributed by atoms with Gasteiger partial charge in [0.05, 0.1) is 34.8 Å². The first-order valence-corrected chi connectivity index (χ1v) is 11.4. The topological polar surface area (TPSA) is 74.3 Å². The molecule has 0 atom stereocenters. The van der Waals surface area contributed by atoms with E-state index in [4.69, 9.17) is 33.7 Å². The molecule has 4 rings (SSSR count). The number of aryl methyl sites for hydroxylation is 1. The van der Waals surface area contributed by atoms with Gasteiger partial charge in [0, 0.05) is 15.6 Å². The number of benzene rings is 3. The molecule has 34 heavy (non-hydrogen) atoms. The molecule has 5 nitrogen and oxygen atoms in total. The van der Waals surface area contributed by atoms with E-state index < -0.39 is 11.9 Å². The number of aromatic nitrogens is 1. The third kappa shape index (κ3) is 4.45. The number of nitrogens with two attached hydrogens (primary N) is 1. The smallest absolute Gasteiger partial charge is 0.340 e. The molecule has 0 saturated carbocycles. The summed E-state index contributed by atoms with van der Waals surface area (Å²) in [7, 11) is 0. The van der Waals surface area contributed by atoms with Crippen molar-refractivity contribution in [2.45, 2.75) is 13.8 Å². The SMILES string of the molecule is CCOC(=O)c1cc(-c2ccccc2)n(-c2cc(Cl)cc(C)c2C(N)=O)c1-c1cccc(Cl)c1. The molecule has 2 N–H and O–H groups in total. The maximum Gasteiger partial charge on any atom is 0.340 e. The van der Waals surface area contributed by atoms with Gasteiger partial charge in [-0.2, -0.15) is 0 Å². The molecule has 1 amide bonds. The molecule has 4 aromatic rings. The van der Waals surface area contributed by atoms with Gasteiger partial charge in [-0.05, 0) is 55.3 Å². The van der Waals surface area contributed by atoms with Crippen molar-refractivity contribution in [1.82, 2.24) is 4.57 Å². The van der Waals surface area contributed by atoms with Crippen LogP contribution in [0.5, 0.6) is 0 Å². The summed E-state index contributed by atoms with van der Waals surface area (Å²) >= 11 is 12.8. The molecule has 172 valence electrons. The standard InChI is InChI=1S/C27H22Cl2N2O3/c1-3-34-27(33)21-15-22(17-8-5-4-6-9-17)31(25(21)18-10-7-11-19(28)13-18)23-14-20(29)12-16(2)24(23)26(30)32/h4-15H,3H2,1-2H3,(H2,30,32). The number of hydrogen-bond donors (Lipinski definition) is 1. The Hall–Kier alpha value is -3.54. The molecule has 0 fully saturated rings. The maximum absolute atomic E-state index is 13.1. The summed E-state index contributed by atoms with van der Waals surface area (Å²) in [6.45, 7) is 3.73. The normalized spacial score (nSPS) is 10.8. The molecule has 0 aliphatic carbocycles. The molecule has 3 aromatic carbocycles. The fourth-order valence-corrected chi connectivity index (χ4v) is 4.55. The highest BCUT2D eigenvalue weighted by atomic mass is 35.5. The molecule has 0 radical (unpaired) electrons. The summed E-state index contributed by atoms with van der Waals surface area (Å²) in [6, 6.07) is 21.8. The van der Waals surface area contributed by atoms with E-state index in [0.29, 0.717) is 49.4 Å². The summed E-state index contributed by atoms with van der Waals surface area (Å²) in [5.74, 6) is -1.10. The highest BCUT2D eigenvalue weighted by molar-refractivity contribution is 6.31. The van der Waals surface area contributed by atoms with E-state index in [1.807, 2.05) is 41.0 Å². The van der Waals surface area contributed by atoms with Crippen molar-refractivity contribution in [2.75, 3.05) is 6.61 Å². The number of amides is 1. The van der Waals surface area contributed by atoms with Crippen LogP contribution >= 0.6 is 23.2 Å². The molecule has 0 unspecified atom stereocenters. The Morgan fingerprint density at radius 2 is 1.62 bits per heavy atom. The zero-order valence-corrected chi connectivity index (χ0v) is 20.2. The second-order valence-electron chi connectivity index (χ2n) is 7.71. The summed E-state index contributed by atoms with van der Waals surface area (Å²) < 4.78 is 7.21. The largest absolute Gasteiger partial charge is 0.462 e. The van der Waals surface area contributed by atoms with Crippen LogP contribution < -0.4 is 5.73 Å². The first-order valence-electron chi connectivity index (χ1n) is 10.7. The number of halogens is 2. The molecular weight excluding hydrogens is 471 g/mol. The lowest BCUT2D eigenvalue weighted by atomic mass is 10.0. The summed E-state index contributed by atoms with van der Waals surface area (Å²) in [5.41, 5.74) is 10.2. The lowest BCUT2D eigenvalue weighted by Crippen LogP contribution is -2.17. The first kappa shape index (κ1) is 23.6. The highest BCUT2D eigenvalue weighted by Crippen LogP contribution is 2.39. The predicted octanol–water partition coefficient (Wildman–Crippen LogP) is 6.70. The third-order valence-corrected chi connectivity index (χ3v) is 5.88. The van der Waals surface area contributed by atoms with E-state index >= 15 is 0 Å². The minimum absolute atomic E-state index is 0.211. The van der Waals surface area contributed by atoms with Crippen LogP contribution in [-0.4, -0.2) is 23.1 Å². The molecule has 7 heteroatoms. The fourth-order valence-electron chi connectivity index (χ4n) is 4.09. The zero-order chi connectivity index (χ0) is 24.4. The van der Waals surface area contributed by atoms with Gasteiger partial charge >= 0.3 is 5.97 Å². The molecule has 0 spiro atoms. The second kappa shape index (κ2) is 9.75. The number of nitrogens with zero attached hydrogens (tertiary/aromatic N) is 1. The number of carbonyl (C=O) groups excluding carboxylic acids is 2. The van der Waals surface area contributed by atoms with Crippen molar-refractivity contribution in [3.8, 4) is 28.2 Å². The zero-order valence-electron chi connectivity index (χ0n) is 18.6. The van der Waals surface area contributed by atoms with Crippen molar-refractivity contribution in [3.05, 3.63) is 99.5 Å². The predicted molar refractivity (Wildman–Crippen MR) is 136 cm³/mol. The van der Waals surface area contributed by atoms with E-state index in [2.05, 4.69) is 0 Å². The lowest BCUT2D eigenvalue weighted by Gasteiger charge is -2.19. The lowest BCUT2D eigenvalue weighted by molar-refractivity contribution is 0.0527. The fraction of sp³-hybridized carbons (Fsp3) is 0.111. The average Bonchev–Trinajstić information content (AvgIpc) is 3.20. The van der Waals surface area contributed by atoms with Crippen molar-refractivity contribution >= 4 is 35.1 Å².